The van der Waals surface area contributed by atoms with E-state index in [1.165, 1.54) is 6.07 Å². The van der Waals surface area contributed by atoms with Crippen molar-refractivity contribution in [3.05, 3.63) is 72.1 Å². The molecule has 4 aromatic rings. The molecule has 3 heterocycles. The minimum atomic E-state index is -4.53. The molecule has 0 radical (unpaired) electrons. The van der Waals surface area contributed by atoms with Crippen molar-refractivity contribution in [2.24, 2.45) is 0 Å². The number of likely N-dealkylation sites (N-methyl/N-ethyl adjacent to an activating group) is 1. The fourth-order valence-electron chi connectivity index (χ4n) is 4.40. The second-order valence-corrected chi connectivity index (χ2v) is 8.87. The van der Waals surface area contributed by atoms with Gasteiger partial charge in [0.25, 0.3) is 0 Å². The minimum Gasteiger partial charge on any atom is -0.488 e. The molecule has 36 heavy (non-hydrogen) atoms. The van der Waals surface area contributed by atoms with Gasteiger partial charge in [0.05, 0.1) is 11.1 Å². The molecule has 2 aromatic carbocycles. The molecular weight excluding hydrogens is 476 g/mol. The number of likely N-dealkylation sites (tertiary alicyclic amines) is 1. The lowest BCUT2D eigenvalue weighted by Gasteiger charge is -2.32. The van der Waals surface area contributed by atoms with Crippen LogP contribution in [0.2, 0.25) is 0 Å². The zero-order chi connectivity index (χ0) is 25.3. The molecule has 0 amide bonds. The lowest BCUT2D eigenvalue weighted by atomic mass is 10.0. The van der Waals surface area contributed by atoms with Crippen LogP contribution >= 0.6 is 0 Å². The summed E-state index contributed by atoms with van der Waals surface area (Å²) in [5, 5.41) is 11.8. The molecule has 2 aromatic heterocycles. The van der Waals surface area contributed by atoms with E-state index in [9.17, 15) is 17.6 Å². The van der Waals surface area contributed by atoms with E-state index >= 15 is 0 Å². The van der Waals surface area contributed by atoms with Crippen LogP contribution in [0.3, 0.4) is 0 Å². The van der Waals surface area contributed by atoms with Gasteiger partial charge >= 0.3 is 6.18 Å². The number of hydrogen-bond acceptors (Lipinski definition) is 6. The summed E-state index contributed by atoms with van der Waals surface area (Å²) in [7, 11) is 1.85. The highest BCUT2D eigenvalue weighted by Crippen LogP contribution is 2.37. The first-order chi connectivity index (χ1) is 17.3. The van der Waals surface area contributed by atoms with E-state index in [1.54, 1.807) is 16.8 Å². The first-order valence-electron chi connectivity index (χ1n) is 11.4. The molecule has 0 saturated carbocycles. The van der Waals surface area contributed by atoms with Crippen LogP contribution in [0.1, 0.15) is 17.5 Å². The summed E-state index contributed by atoms with van der Waals surface area (Å²) in [4.78, 5) is 6.26. The second kappa shape index (κ2) is 9.73. The normalized spacial score (nSPS) is 18.9. The number of ether oxygens (including phenoxy) is 1. The Balaban J connectivity index is 1.50. The highest BCUT2D eigenvalue weighted by Gasteiger charge is 2.32. The molecule has 0 spiro atoms. The standard InChI is InChI=1S/C25H24F4N6O/c1-34-13-18(26)12-19(14-34)31-22-24-30-9-10-35(24)23(33-32-22)20-8-7-17(25(27,28)29)11-21(20)36-15-16-5-3-2-4-6-16/h2-11,18-19H,12-15H2,1H3,(H,31,32)/t18-,19-/m1/s1. The van der Waals surface area contributed by atoms with Gasteiger partial charge < -0.3 is 15.0 Å². The summed E-state index contributed by atoms with van der Waals surface area (Å²) in [5.41, 5.74) is 0.743. The third kappa shape index (κ3) is 5.11. The van der Waals surface area contributed by atoms with Crippen LogP contribution in [0, 0.1) is 0 Å². The lowest BCUT2D eigenvalue weighted by Crippen LogP contribution is -2.45. The maximum atomic E-state index is 14.0. The molecule has 11 heteroatoms. The van der Waals surface area contributed by atoms with Gasteiger partial charge in [-0.05, 0) is 30.8 Å². The summed E-state index contributed by atoms with van der Waals surface area (Å²) in [6, 6.07) is 12.2. The molecule has 1 aliphatic heterocycles. The largest absolute Gasteiger partial charge is 0.488 e. The lowest BCUT2D eigenvalue weighted by molar-refractivity contribution is -0.137. The van der Waals surface area contributed by atoms with Gasteiger partial charge in [-0.2, -0.15) is 13.2 Å². The second-order valence-electron chi connectivity index (χ2n) is 8.87. The highest BCUT2D eigenvalue weighted by molar-refractivity contribution is 5.71. The van der Waals surface area contributed by atoms with Crippen molar-refractivity contribution in [3.63, 3.8) is 0 Å². The highest BCUT2D eigenvalue weighted by atomic mass is 19.4. The third-order valence-electron chi connectivity index (χ3n) is 6.04. The molecule has 0 aliphatic carbocycles. The molecule has 188 valence electrons. The van der Waals surface area contributed by atoms with Crippen molar-refractivity contribution in [2.45, 2.75) is 31.4 Å². The van der Waals surface area contributed by atoms with Gasteiger partial charge in [-0.1, -0.05) is 30.3 Å². The number of rotatable bonds is 6. The molecule has 1 fully saturated rings. The Morgan fingerprint density at radius 3 is 2.64 bits per heavy atom. The van der Waals surface area contributed by atoms with E-state index in [-0.39, 0.29) is 24.2 Å². The number of alkyl halides is 4. The number of benzene rings is 2. The Kier molecular flexibility index (Phi) is 6.48. The summed E-state index contributed by atoms with van der Waals surface area (Å²) in [5.74, 6) is 0.664. The van der Waals surface area contributed by atoms with Crippen LogP contribution in [0.4, 0.5) is 23.4 Å². The predicted molar refractivity (Wildman–Crippen MR) is 126 cm³/mol. The predicted octanol–water partition coefficient (Wildman–Crippen LogP) is 4.84. The van der Waals surface area contributed by atoms with Gasteiger partial charge in [-0.15, -0.1) is 10.2 Å². The molecule has 2 atom stereocenters. The summed E-state index contributed by atoms with van der Waals surface area (Å²) in [6.45, 7) is 1.09. The Morgan fingerprint density at radius 1 is 1.08 bits per heavy atom. The molecular formula is C25H24F4N6O. The smallest absolute Gasteiger partial charge is 0.416 e. The average molecular weight is 501 g/mol. The molecule has 1 saturated heterocycles. The van der Waals surface area contributed by atoms with E-state index in [1.807, 2.05) is 42.3 Å². The van der Waals surface area contributed by atoms with E-state index in [2.05, 4.69) is 20.5 Å². The van der Waals surface area contributed by atoms with Gasteiger partial charge in [0.2, 0.25) is 0 Å². The first kappa shape index (κ1) is 24.0. The zero-order valence-corrected chi connectivity index (χ0v) is 19.4. The van der Waals surface area contributed by atoms with Gasteiger partial charge in [0.1, 0.15) is 18.5 Å². The molecule has 1 N–H and O–H groups in total. The molecule has 7 nitrogen and oxygen atoms in total. The maximum absolute atomic E-state index is 14.0. The number of imidazole rings is 1. The van der Waals surface area contributed by atoms with Gasteiger partial charge in [0, 0.05) is 37.9 Å². The Labute approximate surface area is 204 Å². The van der Waals surface area contributed by atoms with Crippen LogP contribution < -0.4 is 10.1 Å². The van der Waals surface area contributed by atoms with Gasteiger partial charge in [-0.25, -0.2) is 9.37 Å². The van der Waals surface area contributed by atoms with Crippen molar-refractivity contribution in [2.75, 3.05) is 25.5 Å². The molecule has 0 unspecified atom stereocenters. The summed E-state index contributed by atoms with van der Waals surface area (Å²) in [6.07, 6.45) is -1.96. The number of halogens is 4. The van der Waals surface area contributed by atoms with Gasteiger partial charge in [0.15, 0.2) is 17.3 Å². The van der Waals surface area contributed by atoms with Crippen LogP contribution in [-0.2, 0) is 12.8 Å². The van der Waals surface area contributed by atoms with Crippen molar-refractivity contribution >= 4 is 11.5 Å². The number of fused-ring (bicyclic) bond motifs is 1. The van der Waals surface area contributed by atoms with E-state index < -0.39 is 17.9 Å². The SMILES string of the molecule is CN1C[C@H](F)C[C@@H](Nc2nnc(-c3ccc(C(F)(F)F)cc3OCc3ccccc3)n3ccnc23)C1. The fourth-order valence-corrected chi connectivity index (χ4v) is 4.40. The third-order valence-corrected chi connectivity index (χ3v) is 6.04. The van der Waals surface area contributed by atoms with Crippen molar-refractivity contribution in [1.82, 2.24) is 24.5 Å². The first-order valence-corrected chi connectivity index (χ1v) is 11.4. The Hall–Kier alpha value is -3.73. The Bertz CT molecular complexity index is 1330. The summed E-state index contributed by atoms with van der Waals surface area (Å²) >= 11 is 0. The van der Waals surface area contributed by atoms with Crippen molar-refractivity contribution < 1.29 is 22.3 Å². The number of hydrogen-bond donors (Lipinski definition) is 1. The number of aromatic nitrogens is 4. The number of anilines is 1. The van der Waals surface area contributed by atoms with E-state index in [4.69, 9.17) is 4.74 Å². The minimum absolute atomic E-state index is 0.0212. The summed E-state index contributed by atoms with van der Waals surface area (Å²) < 4.78 is 61.9. The van der Waals surface area contributed by atoms with E-state index in [0.29, 0.717) is 36.5 Å². The topological polar surface area (TPSA) is 67.6 Å². The Morgan fingerprint density at radius 2 is 1.89 bits per heavy atom. The van der Waals surface area contributed by atoms with Crippen molar-refractivity contribution in [3.8, 4) is 17.1 Å². The molecule has 1 aliphatic rings. The molecule has 5 rings (SSSR count). The number of nitrogens with zero attached hydrogens (tertiary/aromatic N) is 5. The van der Waals surface area contributed by atoms with Gasteiger partial charge in [-0.3, -0.25) is 4.40 Å². The van der Waals surface area contributed by atoms with Crippen molar-refractivity contribution in [1.29, 1.82) is 0 Å². The van der Waals surface area contributed by atoms with Crippen LogP contribution in [0.5, 0.6) is 5.75 Å². The number of piperidine rings is 1. The van der Waals surface area contributed by atoms with Crippen LogP contribution in [0.25, 0.3) is 17.0 Å². The quantitative estimate of drug-likeness (QED) is 0.382. The maximum Gasteiger partial charge on any atom is 0.416 e. The fraction of sp³-hybridized carbons (Fsp3) is 0.320. The zero-order valence-electron chi connectivity index (χ0n) is 19.4. The average Bonchev–Trinajstić information content (AvgIpc) is 3.33. The van der Waals surface area contributed by atoms with Crippen LogP contribution in [-0.4, -0.2) is 56.8 Å². The van der Waals surface area contributed by atoms with E-state index in [0.717, 1.165) is 17.7 Å². The monoisotopic (exact) mass is 500 g/mol. The molecule has 0 bridgehead atoms. The van der Waals surface area contributed by atoms with Crippen LogP contribution in [0.15, 0.2) is 60.9 Å². The number of nitrogens with one attached hydrogen (secondary N) is 1.